The van der Waals surface area contributed by atoms with Crippen molar-refractivity contribution in [2.45, 2.75) is 25.0 Å². The molecule has 1 aliphatic carbocycles. The lowest BCUT2D eigenvalue weighted by Gasteiger charge is -2.17. The third-order valence-electron chi connectivity index (χ3n) is 5.03. The third kappa shape index (κ3) is 5.16. The number of fused-ring (bicyclic) bond motifs is 1. The molecule has 31 heavy (non-hydrogen) atoms. The molecule has 0 bridgehead atoms. The van der Waals surface area contributed by atoms with Gasteiger partial charge in [0.2, 0.25) is 11.8 Å². The number of benzene rings is 2. The zero-order chi connectivity index (χ0) is 21.7. The second kappa shape index (κ2) is 8.83. The molecule has 0 unspecified atom stereocenters. The number of alkyl carbamates (subject to hydrolysis) is 1. The van der Waals surface area contributed by atoms with Crippen molar-refractivity contribution in [2.75, 3.05) is 11.9 Å². The molecule has 3 aromatic rings. The van der Waals surface area contributed by atoms with E-state index in [-0.39, 0.29) is 19.1 Å². The van der Waals surface area contributed by atoms with E-state index in [1.807, 2.05) is 48.5 Å². The zero-order valence-electron chi connectivity index (χ0n) is 16.8. The molecule has 0 aliphatic heterocycles. The Balaban J connectivity index is 1.25. The standard InChI is InChI=1S/C23H22N4O4/c28-20(14-25-22(30)31-15-16-5-2-1-3-6-16)27-23(10-11-23)21(29)26-18-9-8-17-7-4-12-24-19(17)13-18/h1-9,12-13H,10-11,14-15H2,(H,25,30)(H,26,29)(H,27,28). The van der Waals surface area contributed by atoms with Crippen LogP contribution >= 0.6 is 0 Å². The van der Waals surface area contributed by atoms with Gasteiger partial charge in [0, 0.05) is 17.3 Å². The number of carbonyl (C=O) groups is 3. The number of rotatable bonds is 7. The number of carbonyl (C=O) groups excluding carboxylic acids is 3. The second-order valence-corrected chi connectivity index (χ2v) is 7.41. The van der Waals surface area contributed by atoms with Gasteiger partial charge in [0.25, 0.3) is 0 Å². The van der Waals surface area contributed by atoms with Gasteiger partial charge in [-0.05, 0) is 36.6 Å². The predicted octanol–water partition coefficient (Wildman–Crippen LogP) is 2.75. The third-order valence-corrected chi connectivity index (χ3v) is 5.03. The number of anilines is 1. The van der Waals surface area contributed by atoms with E-state index in [9.17, 15) is 14.4 Å². The summed E-state index contributed by atoms with van der Waals surface area (Å²) in [5.74, 6) is -0.743. The van der Waals surface area contributed by atoms with E-state index in [1.165, 1.54) is 0 Å². The van der Waals surface area contributed by atoms with E-state index in [4.69, 9.17) is 4.74 Å². The number of hydrogen-bond acceptors (Lipinski definition) is 5. The van der Waals surface area contributed by atoms with E-state index in [1.54, 1.807) is 18.3 Å². The van der Waals surface area contributed by atoms with Gasteiger partial charge in [0.15, 0.2) is 0 Å². The van der Waals surface area contributed by atoms with Gasteiger partial charge in [0.05, 0.1) is 5.52 Å². The molecule has 1 fully saturated rings. The number of hydrogen-bond donors (Lipinski definition) is 3. The highest BCUT2D eigenvalue weighted by molar-refractivity contribution is 6.03. The van der Waals surface area contributed by atoms with Crippen molar-refractivity contribution < 1.29 is 19.1 Å². The van der Waals surface area contributed by atoms with Crippen molar-refractivity contribution >= 4 is 34.5 Å². The topological polar surface area (TPSA) is 109 Å². The van der Waals surface area contributed by atoms with Crippen LogP contribution in [0.2, 0.25) is 0 Å². The van der Waals surface area contributed by atoms with Crippen molar-refractivity contribution in [3.63, 3.8) is 0 Å². The number of nitrogens with zero attached hydrogens (tertiary/aromatic N) is 1. The number of ether oxygens (including phenoxy) is 1. The van der Waals surface area contributed by atoms with Crippen LogP contribution in [-0.4, -0.2) is 35.0 Å². The first kappa shape index (κ1) is 20.3. The zero-order valence-corrected chi connectivity index (χ0v) is 16.8. The molecule has 8 heteroatoms. The lowest BCUT2D eigenvalue weighted by molar-refractivity contribution is -0.126. The number of aromatic nitrogens is 1. The van der Waals surface area contributed by atoms with Gasteiger partial charge < -0.3 is 20.7 Å². The van der Waals surface area contributed by atoms with Crippen LogP contribution in [0.15, 0.2) is 66.9 Å². The maximum absolute atomic E-state index is 12.7. The van der Waals surface area contributed by atoms with Gasteiger partial charge in [-0.2, -0.15) is 0 Å². The van der Waals surface area contributed by atoms with Gasteiger partial charge in [-0.15, -0.1) is 0 Å². The van der Waals surface area contributed by atoms with Crippen molar-refractivity contribution in [3.8, 4) is 0 Å². The molecule has 1 saturated carbocycles. The minimum Gasteiger partial charge on any atom is -0.445 e. The Hall–Kier alpha value is -3.94. The molecule has 1 aromatic heterocycles. The van der Waals surface area contributed by atoms with Gasteiger partial charge in [-0.25, -0.2) is 4.79 Å². The molecule has 158 valence electrons. The molecule has 3 amide bonds. The molecule has 0 atom stereocenters. The minimum atomic E-state index is -0.953. The van der Waals surface area contributed by atoms with Crippen molar-refractivity contribution in [3.05, 3.63) is 72.4 Å². The summed E-state index contributed by atoms with van der Waals surface area (Å²) < 4.78 is 5.07. The Labute approximate surface area is 179 Å². The first-order valence-electron chi connectivity index (χ1n) is 9.96. The largest absolute Gasteiger partial charge is 0.445 e. The number of amides is 3. The SMILES string of the molecule is O=C(CNC(=O)OCc1ccccc1)NC1(C(=O)Nc2ccc3cccnc3c2)CC1. The molecular weight excluding hydrogens is 396 g/mol. The highest BCUT2D eigenvalue weighted by Gasteiger charge is 2.51. The molecule has 0 radical (unpaired) electrons. The molecule has 2 aromatic carbocycles. The maximum atomic E-state index is 12.7. The van der Waals surface area contributed by atoms with Crippen molar-refractivity contribution in [1.29, 1.82) is 0 Å². The van der Waals surface area contributed by atoms with Crippen molar-refractivity contribution in [1.82, 2.24) is 15.6 Å². The normalized spacial score (nSPS) is 13.8. The van der Waals surface area contributed by atoms with Crippen LogP contribution in [0, 0.1) is 0 Å². The van der Waals surface area contributed by atoms with Crippen molar-refractivity contribution in [2.24, 2.45) is 0 Å². The summed E-state index contributed by atoms with van der Waals surface area (Å²) in [5, 5.41) is 8.93. The van der Waals surface area contributed by atoms with Crippen LogP contribution in [0.5, 0.6) is 0 Å². The summed E-state index contributed by atoms with van der Waals surface area (Å²) >= 11 is 0. The Kier molecular flexibility index (Phi) is 5.79. The molecule has 0 spiro atoms. The first-order valence-corrected chi connectivity index (χ1v) is 9.96. The monoisotopic (exact) mass is 418 g/mol. The van der Waals surface area contributed by atoms with Gasteiger partial charge in [-0.1, -0.05) is 42.5 Å². The lowest BCUT2D eigenvalue weighted by atomic mass is 10.2. The summed E-state index contributed by atoms with van der Waals surface area (Å²) in [5.41, 5.74) is 1.28. The van der Waals surface area contributed by atoms with E-state index >= 15 is 0 Å². The molecule has 3 N–H and O–H groups in total. The van der Waals surface area contributed by atoms with Crippen LogP contribution in [-0.2, 0) is 20.9 Å². The maximum Gasteiger partial charge on any atom is 0.407 e. The quantitative estimate of drug-likeness (QED) is 0.547. The fraction of sp³-hybridized carbons (Fsp3) is 0.217. The van der Waals surface area contributed by atoms with E-state index in [0.717, 1.165) is 16.5 Å². The van der Waals surface area contributed by atoms with Gasteiger partial charge in [-0.3, -0.25) is 14.6 Å². The van der Waals surface area contributed by atoms with Crippen LogP contribution in [0.1, 0.15) is 18.4 Å². The van der Waals surface area contributed by atoms with E-state index in [2.05, 4.69) is 20.9 Å². The number of nitrogens with one attached hydrogen (secondary N) is 3. The van der Waals surface area contributed by atoms with Crippen LogP contribution < -0.4 is 16.0 Å². The van der Waals surface area contributed by atoms with Crippen LogP contribution in [0.4, 0.5) is 10.5 Å². The number of pyridine rings is 1. The fourth-order valence-electron chi connectivity index (χ4n) is 3.17. The predicted molar refractivity (Wildman–Crippen MR) is 115 cm³/mol. The van der Waals surface area contributed by atoms with Crippen LogP contribution in [0.25, 0.3) is 10.9 Å². The first-order chi connectivity index (χ1) is 15.0. The van der Waals surface area contributed by atoms with Gasteiger partial charge in [0.1, 0.15) is 18.7 Å². The molecule has 8 nitrogen and oxygen atoms in total. The Morgan fingerprint density at radius 1 is 1.00 bits per heavy atom. The van der Waals surface area contributed by atoms with Crippen LogP contribution in [0.3, 0.4) is 0 Å². The summed E-state index contributed by atoms with van der Waals surface area (Å²) in [7, 11) is 0. The summed E-state index contributed by atoms with van der Waals surface area (Å²) in [6.45, 7) is -0.163. The average molecular weight is 418 g/mol. The Bertz CT molecular complexity index is 1110. The Morgan fingerprint density at radius 3 is 2.58 bits per heavy atom. The summed E-state index contributed by atoms with van der Waals surface area (Å²) in [6, 6.07) is 18.5. The molecule has 1 heterocycles. The lowest BCUT2D eigenvalue weighted by Crippen LogP contribution is -2.49. The Morgan fingerprint density at radius 2 is 1.81 bits per heavy atom. The molecule has 4 rings (SSSR count). The van der Waals surface area contributed by atoms with E-state index < -0.39 is 17.5 Å². The van der Waals surface area contributed by atoms with Gasteiger partial charge >= 0.3 is 6.09 Å². The summed E-state index contributed by atoms with van der Waals surface area (Å²) in [4.78, 5) is 41.0. The molecular formula is C23H22N4O4. The highest BCUT2D eigenvalue weighted by Crippen LogP contribution is 2.36. The smallest absolute Gasteiger partial charge is 0.407 e. The molecule has 1 aliphatic rings. The molecule has 0 saturated heterocycles. The minimum absolute atomic E-state index is 0.112. The summed E-state index contributed by atoms with van der Waals surface area (Å²) in [6.07, 6.45) is 2.06. The van der Waals surface area contributed by atoms with E-state index in [0.29, 0.717) is 18.5 Å². The highest BCUT2D eigenvalue weighted by atomic mass is 16.5. The average Bonchev–Trinajstić information content (AvgIpc) is 3.57. The fourth-order valence-corrected chi connectivity index (χ4v) is 3.17. The second-order valence-electron chi connectivity index (χ2n) is 7.41.